The molecule has 1 aromatic carbocycles. The van der Waals surface area contributed by atoms with E-state index in [0.717, 1.165) is 6.42 Å². The molecule has 0 spiro atoms. The molecule has 0 aliphatic rings. The van der Waals surface area contributed by atoms with Crippen LogP contribution in [0.2, 0.25) is 0 Å². The Morgan fingerprint density at radius 1 is 1.35 bits per heavy atom. The van der Waals surface area contributed by atoms with Gasteiger partial charge in [0, 0.05) is 19.5 Å². The number of nitrogens with one attached hydrogen (secondary N) is 1. The Morgan fingerprint density at radius 2 is 2.00 bits per heavy atom. The van der Waals surface area contributed by atoms with E-state index in [1.54, 1.807) is 6.92 Å². The van der Waals surface area contributed by atoms with Gasteiger partial charge in [0.2, 0.25) is 5.91 Å². The number of nitrogens with zero attached hydrogens (tertiary/aromatic N) is 1. The first-order chi connectivity index (χ1) is 9.30. The van der Waals surface area contributed by atoms with Crippen molar-refractivity contribution in [2.45, 2.75) is 32.3 Å². The average Bonchev–Trinajstić information content (AvgIpc) is 2.34. The zero-order chi connectivity index (χ0) is 15.2. The van der Waals surface area contributed by atoms with E-state index in [1.807, 2.05) is 37.2 Å². The lowest BCUT2D eigenvalue weighted by molar-refractivity contribution is -0.122. The van der Waals surface area contributed by atoms with Crippen molar-refractivity contribution in [3.63, 3.8) is 0 Å². The molecule has 0 fully saturated rings. The van der Waals surface area contributed by atoms with E-state index >= 15 is 0 Å². The van der Waals surface area contributed by atoms with Gasteiger partial charge in [-0.2, -0.15) is 0 Å². The molecule has 0 bridgehead atoms. The van der Waals surface area contributed by atoms with E-state index in [1.165, 1.54) is 11.1 Å². The molecule has 0 aromatic heterocycles. The van der Waals surface area contributed by atoms with Crippen LogP contribution < -0.4 is 5.32 Å². The highest BCUT2D eigenvalue weighted by Gasteiger charge is 2.21. The van der Waals surface area contributed by atoms with Crippen LogP contribution in [-0.4, -0.2) is 48.7 Å². The van der Waals surface area contributed by atoms with Gasteiger partial charge in [-0.3, -0.25) is 4.79 Å². The topological polar surface area (TPSA) is 52.6 Å². The smallest absolute Gasteiger partial charge is 0.220 e. The van der Waals surface area contributed by atoms with Gasteiger partial charge in [0.15, 0.2) is 0 Å². The first kappa shape index (κ1) is 16.7. The summed E-state index contributed by atoms with van der Waals surface area (Å²) >= 11 is 0. The zero-order valence-corrected chi connectivity index (χ0v) is 12.9. The Kier molecular flexibility index (Phi) is 6.17. The number of rotatable bonds is 7. The lowest BCUT2D eigenvalue weighted by Gasteiger charge is -2.27. The van der Waals surface area contributed by atoms with Gasteiger partial charge in [-0.1, -0.05) is 24.3 Å². The summed E-state index contributed by atoms with van der Waals surface area (Å²) < 4.78 is 0. The van der Waals surface area contributed by atoms with Crippen LogP contribution in [0.4, 0.5) is 0 Å². The van der Waals surface area contributed by atoms with Crippen LogP contribution in [0.1, 0.15) is 24.5 Å². The van der Waals surface area contributed by atoms with Gasteiger partial charge in [-0.25, -0.2) is 0 Å². The van der Waals surface area contributed by atoms with Gasteiger partial charge < -0.3 is 15.3 Å². The van der Waals surface area contributed by atoms with Crippen molar-refractivity contribution in [3.8, 4) is 0 Å². The van der Waals surface area contributed by atoms with Crippen molar-refractivity contribution >= 4 is 5.91 Å². The standard InChI is InChI=1S/C16H26N2O2/c1-13-7-5-6-8-14(13)9-10-15(19)17-11-16(2,20)12-18(3)4/h5-8,20H,9-12H2,1-4H3,(H,17,19). The van der Waals surface area contributed by atoms with Crippen LogP contribution in [0.5, 0.6) is 0 Å². The molecule has 20 heavy (non-hydrogen) atoms. The Morgan fingerprint density at radius 3 is 2.60 bits per heavy atom. The van der Waals surface area contributed by atoms with E-state index in [4.69, 9.17) is 0 Å². The molecule has 4 heteroatoms. The van der Waals surface area contributed by atoms with Crippen molar-refractivity contribution in [1.82, 2.24) is 10.2 Å². The largest absolute Gasteiger partial charge is 0.387 e. The van der Waals surface area contributed by atoms with Gasteiger partial charge in [-0.15, -0.1) is 0 Å². The second-order valence-corrected chi connectivity index (χ2v) is 5.94. The minimum absolute atomic E-state index is 0.0210. The molecular formula is C16H26N2O2. The molecule has 0 aliphatic carbocycles. The Hall–Kier alpha value is -1.39. The number of aryl methyl sites for hydroxylation is 2. The summed E-state index contributed by atoms with van der Waals surface area (Å²) in [7, 11) is 3.79. The monoisotopic (exact) mass is 278 g/mol. The lowest BCUT2D eigenvalue weighted by Crippen LogP contribution is -2.47. The predicted molar refractivity (Wildman–Crippen MR) is 81.7 cm³/mol. The third kappa shape index (κ3) is 6.17. The summed E-state index contributed by atoms with van der Waals surface area (Å²) in [4.78, 5) is 13.7. The zero-order valence-electron chi connectivity index (χ0n) is 12.9. The summed E-state index contributed by atoms with van der Waals surface area (Å²) in [6.07, 6.45) is 1.18. The minimum Gasteiger partial charge on any atom is -0.387 e. The van der Waals surface area contributed by atoms with E-state index in [-0.39, 0.29) is 12.5 Å². The summed E-state index contributed by atoms with van der Waals surface area (Å²) in [5.41, 5.74) is 1.50. The molecule has 1 amide bonds. The predicted octanol–water partition coefficient (Wildman–Crippen LogP) is 1.36. The maximum absolute atomic E-state index is 11.8. The second kappa shape index (κ2) is 7.41. The van der Waals surface area contributed by atoms with Crippen LogP contribution in [-0.2, 0) is 11.2 Å². The van der Waals surface area contributed by atoms with Gasteiger partial charge >= 0.3 is 0 Å². The number of hydrogen-bond acceptors (Lipinski definition) is 3. The minimum atomic E-state index is -0.901. The molecule has 0 heterocycles. The average molecular weight is 278 g/mol. The van der Waals surface area contributed by atoms with Gasteiger partial charge in [0.25, 0.3) is 0 Å². The summed E-state index contributed by atoms with van der Waals surface area (Å²) in [5.74, 6) is -0.0210. The van der Waals surface area contributed by atoms with Crippen LogP contribution >= 0.6 is 0 Å². The maximum Gasteiger partial charge on any atom is 0.220 e. The molecule has 1 rings (SSSR count). The highest BCUT2D eigenvalue weighted by Crippen LogP contribution is 2.09. The summed E-state index contributed by atoms with van der Waals surface area (Å²) in [5, 5.41) is 12.9. The van der Waals surface area contributed by atoms with Crippen molar-refractivity contribution in [2.24, 2.45) is 0 Å². The molecule has 1 unspecified atom stereocenters. The van der Waals surface area contributed by atoms with Gasteiger partial charge in [-0.05, 0) is 45.5 Å². The normalized spacial score (nSPS) is 14.1. The third-order valence-corrected chi connectivity index (χ3v) is 3.21. The Balaban J connectivity index is 2.36. The number of benzene rings is 1. The fourth-order valence-electron chi connectivity index (χ4n) is 2.25. The maximum atomic E-state index is 11.8. The van der Waals surface area contributed by atoms with Crippen LogP contribution in [0.15, 0.2) is 24.3 Å². The molecule has 112 valence electrons. The first-order valence-corrected chi connectivity index (χ1v) is 6.98. The molecular weight excluding hydrogens is 252 g/mol. The molecule has 1 atom stereocenters. The number of amides is 1. The molecule has 0 saturated heterocycles. The number of aliphatic hydroxyl groups is 1. The lowest BCUT2D eigenvalue weighted by atomic mass is 10.0. The SMILES string of the molecule is Cc1ccccc1CCC(=O)NCC(C)(O)CN(C)C. The number of carbonyl (C=O) groups is 1. The van der Waals surface area contributed by atoms with Crippen molar-refractivity contribution in [2.75, 3.05) is 27.2 Å². The van der Waals surface area contributed by atoms with Crippen molar-refractivity contribution in [3.05, 3.63) is 35.4 Å². The van der Waals surface area contributed by atoms with Crippen LogP contribution in [0.3, 0.4) is 0 Å². The molecule has 4 nitrogen and oxygen atoms in total. The van der Waals surface area contributed by atoms with E-state index in [9.17, 15) is 9.90 Å². The number of carbonyl (C=O) groups excluding carboxylic acids is 1. The third-order valence-electron chi connectivity index (χ3n) is 3.21. The quantitative estimate of drug-likeness (QED) is 0.792. The fourth-order valence-corrected chi connectivity index (χ4v) is 2.25. The van der Waals surface area contributed by atoms with Crippen LogP contribution in [0.25, 0.3) is 0 Å². The highest BCUT2D eigenvalue weighted by molar-refractivity contribution is 5.76. The molecule has 0 saturated carbocycles. The van der Waals surface area contributed by atoms with E-state index in [2.05, 4.69) is 18.3 Å². The van der Waals surface area contributed by atoms with Crippen molar-refractivity contribution < 1.29 is 9.90 Å². The number of hydrogen-bond donors (Lipinski definition) is 2. The summed E-state index contributed by atoms with van der Waals surface area (Å²) in [6, 6.07) is 8.08. The van der Waals surface area contributed by atoms with E-state index in [0.29, 0.717) is 13.0 Å². The van der Waals surface area contributed by atoms with Gasteiger partial charge in [0.05, 0.1) is 5.60 Å². The van der Waals surface area contributed by atoms with E-state index < -0.39 is 5.60 Å². The summed E-state index contributed by atoms with van der Waals surface area (Å²) in [6.45, 7) is 4.58. The van der Waals surface area contributed by atoms with Crippen molar-refractivity contribution in [1.29, 1.82) is 0 Å². The molecule has 0 aliphatic heterocycles. The number of likely N-dealkylation sites (N-methyl/N-ethyl adjacent to an activating group) is 1. The molecule has 2 N–H and O–H groups in total. The first-order valence-electron chi connectivity index (χ1n) is 6.98. The second-order valence-electron chi connectivity index (χ2n) is 5.94. The van der Waals surface area contributed by atoms with Gasteiger partial charge in [0.1, 0.15) is 0 Å². The van der Waals surface area contributed by atoms with Crippen LogP contribution in [0, 0.1) is 6.92 Å². The Bertz CT molecular complexity index is 442. The Labute approximate surface area is 121 Å². The fraction of sp³-hybridized carbons (Fsp3) is 0.562. The molecule has 1 aromatic rings. The molecule has 0 radical (unpaired) electrons. The highest BCUT2D eigenvalue weighted by atomic mass is 16.3.